The largest absolute Gasteiger partial charge is 0.131 e. The van der Waals surface area contributed by atoms with E-state index in [0.29, 0.717) is 0 Å². The van der Waals surface area contributed by atoms with Crippen molar-refractivity contribution in [3.63, 3.8) is 0 Å². The average molecular weight is 421 g/mol. The van der Waals surface area contributed by atoms with Crippen LogP contribution < -0.4 is 0 Å². The molecule has 4 rings (SSSR count). The molecular formula is C30H32Si. The highest BCUT2D eigenvalue weighted by Gasteiger charge is 2.35. The molecule has 2 aliphatic carbocycles. The van der Waals surface area contributed by atoms with Crippen LogP contribution in [0.1, 0.15) is 38.8 Å². The summed E-state index contributed by atoms with van der Waals surface area (Å²) in [5.74, 6) is 0. The highest BCUT2D eigenvalue weighted by molar-refractivity contribution is 6.91. The number of hydrogen-bond donors (Lipinski definition) is 0. The van der Waals surface area contributed by atoms with Crippen LogP contribution in [-0.4, -0.2) is 8.07 Å². The van der Waals surface area contributed by atoms with Gasteiger partial charge in [-0.05, 0) is 33.7 Å². The van der Waals surface area contributed by atoms with Crippen LogP contribution >= 0.6 is 0 Å². The van der Waals surface area contributed by atoms with Crippen molar-refractivity contribution in [2.75, 3.05) is 0 Å². The fourth-order valence-corrected chi connectivity index (χ4v) is 6.60. The summed E-state index contributed by atoms with van der Waals surface area (Å²) in [5.41, 5.74) is 12.7. The molecule has 0 unspecified atom stereocenters. The zero-order valence-electron chi connectivity index (χ0n) is 19.6. The minimum atomic E-state index is -1.88. The van der Waals surface area contributed by atoms with Gasteiger partial charge in [-0.15, -0.1) is 11.5 Å². The minimum Gasteiger partial charge on any atom is -0.117 e. The first-order valence-corrected chi connectivity index (χ1v) is 14.1. The molecule has 2 aromatic carbocycles. The molecule has 0 nitrogen and oxygen atoms in total. The summed E-state index contributed by atoms with van der Waals surface area (Å²) in [6, 6.07) is 21.5. The molecule has 0 saturated carbocycles. The van der Waals surface area contributed by atoms with Crippen molar-refractivity contribution in [2.24, 2.45) is 0 Å². The van der Waals surface area contributed by atoms with Gasteiger partial charge in [0.1, 0.15) is 8.07 Å². The molecule has 2 aromatic rings. The maximum absolute atomic E-state index is 3.81. The van der Waals surface area contributed by atoms with Crippen LogP contribution in [0.5, 0.6) is 0 Å². The maximum Gasteiger partial charge on any atom is 0.131 e. The Balaban J connectivity index is 1.73. The van der Waals surface area contributed by atoms with E-state index in [-0.39, 0.29) is 10.8 Å². The number of benzene rings is 2. The first-order valence-electron chi connectivity index (χ1n) is 11.1. The summed E-state index contributed by atoms with van der Waals surface area (Å²) in [6.07, 6.45) is 9.15. The molecule has 31 heavy (non-hydrogen) atoms. The van der Waals surface area contributed by atoms with Gasteiger partial charge in [0.2, 0.25) is 0 Å². The van der Waals surface area contributed by atoms with Gasteiger partial charge in [-0.1, -0.05) is 114 Å². The molecule has 0 saturated heterocycles. The normalized spacial score (nSPS) is 16.2. The van der Waals surface area contributed by atoms with Gasteiger partial charge in [0, 0.05) is 22.0 Å². The maximum atomic E-state index is 3.81. The molecule has 156 valence electrons. The molecule has 0 N–H and O–H groups in total. The summed E-state index contributed by atoms with van der Waals surface area (Å²) >= 11 is 0. The molecule has 0 aliphatic heterocycles. The first kappa shape index (κ1) is 21.4. The van der Waals surface area contributed by atoms with E-state index in [1.807, 2.05) is 0 Å². The van der Waals surface area contributed by atoms with Gasteiger partial charge in [0.15, 0.2) is 0 Å². The topological polar surface area (TPSA) is 0 Å². The van der Waals surface area contributed by atoms with E-state index in [4.69, 9.17) is 0 Å². The molecule has 0 atom stereocenters. The van der Waals surface area contributed by atoms with Crippen molar-refractivity contribution >= 4 is 8.07 Å². The Morgan fingerprint density at radius 3 is 1.26 bits per heavy atom. The van der Waals surface area contributed by atoms with Crippen LogP contribution in [0.25, 0.3) is 0 Å². The third-order valence-corrected chi connectivity index (χ3v) is 10.3. The van der Waals surface area contributed by atoms with Gasteiger partial charge in [0.05, 0.1) is 0 Å². The molecule has 0 heterocycles. The third-order valence-electron chi connectivity index (χ3n) is 7.06. The fraction of sp³-hybridized carbons (Fsp3) is 0.267. The Labute approximate surface area is 188 Å². The van der Waals surface area contributed by atoms with Gasteiger partial charge in [-0.25, -0.2) is 0 Å². The molecule has 0 radical (unpaired) electrons. The quantitative estimate of drug-likeness (QED) is 0.331. The monoisotopic (exact) mass is 420 g/mol. The second-order valence-electron chi connectivity index (χ2n) is 10.2. The van der Waals surface area contributed by atoms with E-state index in [0.717, 1.165) is 0 Å². The lowest BCUT2D eigenvalue weighted by Gasteiger charge is -2.25. The second kappa shape index (κ2) is 7.70. The standard InChI is InChI=1S/C30H32Si/c1-29(2,23-13-9-7-10-14-23)25-17-19-27(21-25)31(5,6)28-20-18-26(22-28)30(3,4)24-15-11-8-12-16-24/h7-20H,1-6H3. The van der Waals surface area contributed by atoms with Crippen LogP contribution in [0.2, 0.25) is 13.1 Å². The lowest BCUT2D eigenvalue weighted by molar-refractivity contribution is 0.641. The molecule has 2 aliphatic rings. The molecule has 1 heteroatoms. The Morgan fingerprint density at radius 2 is 0.903 bits per heavy atom. The summed E-state index contributed by atoms with van der Waals surface area (Å²) in [6.45, 7) is 14.0. The van der Waals surface area contributed by atoms with Crippen molar-refractivity contribution in [3.05, 3.63) is 129 Å². The summed E-state index contributed by atoms with van der Waals surface area (Å²) in [5, 5.41) is 2.72. The molecule has 0 bridgehead atoms. The van der Waals surface area contributed by atoms with Gasteiger partial charge >= 0.3 is 0 Å². The second-order valence-corrected chi connectivity index (χ2v) is 14.5. The van der Waals surface area contributed by atoms with Crippen LogP contribution in [0.3, 0.4) is 0 Å². The number of rotatable bonds is 6. The van der Waals surface area contributed by atoms with Crippen molar-refractivity contribution in [2.45, 2.75) is 51.6 Å². The van der Waals surface area contributed by atoms with Crippen molar-refractivity contribution in [1.82, 2.24) is 0 Å². The van der Waals surface area contributed by atoms with Crippen LogP contribution in [0.15, 0.2) is 118 Å². The SMILES string of the molecule is CC(C)(C1=C=C([Si](C)(C)C2=C=C(C(C)(C)c3ccccc3)C=C2)C=C1)c1ccccc1. The highest BCUT2D eigenvalue weighted by Crippen LogP contribution is 2.39. The van der Waals surface area contributed by atoms with E-state index < -0.39 is 8.07 Å². The molecule has 0 fully saturated rings. The fourth-order valence-electron chi connectivity index (χ4n) is 4.41. The van der Waals surface area contributed by atoms with Gasteiger partial charge in [-0.2, -0.15) is 0 Å². The van der Waals surface area contributed by atoms with Gasteiger partial charge in [0.25, 0.3) is 0 Å². The number of allylic oxidation sites excluding steroid dienone is 6. The van der Waals surface area contributed by atoms with Gasteiger partial charge in [-0.3, -0.25) is 0 Å². The highest BCUT2D eigenvalue weighted by atomic mass is 28.3. The lowest BCUT2D eigenvalue weighted by atomic mass is 9.78. The average Bonchev–Trinajstić information content (AvgIpc) is 3.46. The molecular weight excluding hydrogens is 388 g/mol. The van der Waals surface area contributed by atoms with Gasteiger partial charge < -0.3 is 0 Å². The third kappa shape index (κ3) is 3.82. The molecule has 0 spiro atoms. The summed E-state index contributed by atoms with van der Waals surface area (Å²) < 4.78 is 0. The lowest BCUT2D eigenvalue weighted by Crippen LogP contribution is -2.29. The zero-order valence-corrected chi connectivity index (χ0v) is 20.6. The predicted molar refractivity (Wildman–Crippen MR) is 136 cm³/mol. The summed E-state index contributed by atoms with van der Waals surface area (Å²) in [7, 11) is -1.88. The Kier molecular flexibility index (Phi) is 5.32. The Bertz CT molecular complexity index is 1090. The van der Waals surface area contributed by atoms with Crippen LogP contribution in [0.4, 0.5) is 0 Å². The van der Waals surface area contributed by atoms with E-state index in [9.17, 15) is 0 Å². The van der Waals surface area contributed by atoms with E-state index in [2.05, 4.69) is 137 Å². The van der Waals surface area contributed by atoms with Crippen LogP contribution in [-0.2, 0) is 10.8 Å². The summed E-state index contributed by atoms with van der Waals surface area (Å²) in [4.78, 5) is 0. The Morgan fingerprint density at radius 1 is 0.548 bits per heavy atom. The molecule has 0 amide bonds. The van der Waals surface area contributed by atoms with E-state index >= 15 is 0 Å². The number of hydrogen-bond acceptors (Lipinski definition) is 0. The van der Waals surface area contributed by atoms with Crippen molar-refractivity contribution in [1.29, 1.82) is 0 Å². The van der Waals surface area contributed by atoms with Crippen molar-refractivity contribution < 1.29 is 0 Å². The predicted octanol–water partition coefficient (Wildman–Crippen LogP) is 7.77. The first-order chi connectivity index (χ1) is 14.6. The van der Waals surface area contributed by atoms with Crippen molar-refractivity contribution in [3.8, 4) is 0 Å². The Hall–Kier alpha value is -2.82. The van der Waals surface area contributed by atoms with Crippen LogP contribution in [0, 0.1) is 0 Å². The van der Waals surface area contributed by atoms with E-state index in [1.54, 1.807) is 0 Å². The minimum absolute atomic E-state index is 0.0554. The smallest absolute Gasteiger partial charge is 0.117 e. The zero-order chi connectivity index (χ0) is 22.3. The molecule has 0 aromatic heterocycles. The van der Waals surface area contributed by atoms with E-state index in [1.165, 1.54) is 32.7 Å².